The summed E-state index contributed by atoms with van der Waals surface area (Å²) in [4.78, 5) is 22.1. The van der Waals surface area contributed by atoms with Crippen molar-refractivity contribution in [3.05, 3.63) is 28.9 Å². The largest absolute Gasteiger partial charge is 0.352 e. The van der Waals surface area contributed by atoms with E-state index in [-0.39, 0.29) is 5.91 Å². The third-order valence-electron chi connectivity index (χ3n) is 4.10. The van der Waals surface area contributed by atoms with Gasteiger partial charge in [0.1, 0.15) is 5.82 Å². The average molecular weight is 304 g/mol. The molecule has 1 fully saturated rings. The van der Waals surface area contributed by atoms with Gasteiger partial charge < -0.3 is 10.3 Å². The number of nitrogens with zero attached hydrogens (tertiary/aromatic N) is 2. The first-order valence-corrected chi connectivity index (χ1v) is 8.17. The Morgan fingerprint density at radius 1 is 1.50 bits per heavy atom. The molecule has 5 nitrogen and oxygen atoms in total. The molecular weight excluding hydrogens is 276 g/mol. The summed E-state index contributed by atoms with van der Waals surface area (Å²) in [5, 5.41) is 3.00. The molecule has 1 amide bonds. The molecule has 1 aromatic rings. The number of allylic oxidation sites excluding steroid dienone is 1. The fourth-order valence-corrected chi connectivity index (χ4v) is 2.88. The minimum atomic E-state index is 0.0224. The molecule has 0 aliphatic carbocycles. The lowest BCUT2D eigenvalue weighted by molar-refractivity contribution is -0.116. The number of rotatable bonds is 6. The van der Waals surface area contributed by atoms with Crippen molar-refractivity contribution in [3.8, 4) is 0 Å². The molecule has 2 rings (SSSR count). The fourth-order valence-electron chi connectivity index (χ4n) is 2.88. The lowest BCUT2D eigenvalue weighted by atomic mass is 10.1. The first kappa shape index (κ1) is 16.7. The van der Waals surface area contributed by atoms with Crippen LogP contribution in [0.15, 0.2) is 11.6 Å². The second kappa shape index (κ2) is 7.58. The predicted molar refractivity (Wildman–Crippen MR) is 88.5 cm³/mol. The van der Waals surface area contributed by atoms with Crippen LogP contribution < -0.4 is 5.32 Å². The highest BCUT2D eigenvalue weighted by Gasteiger charge is 2.23. The maximum atomic E-state index is 11.6. The van der Waals surface area contributed by atoms with Gasteiger partial charge in [0.25, 0.3) is 0 Å². The van der Waals surface area contributed by atoms with E-state index in [0.717, 1.165) is 56.1 Å². The molecule has 0 bridgehead atoms. The number of carbonyl (C=O) groups excluding carboxylic acids is 1. The highest BCUT2D eigenvalue weighted by Crippen LogP contribution is 2.19. The fraction of sp³-hybridized carbons (Fsp3) is 0.647. The zero-order valence-electron chi connectivity index (χ0n) is 14.2. The van der Waals surface area contributed by atoms with Crippen molar-refractivity contribution in [2.45, 2.75) is 47.1 Å². The van der Waals surface area contributed by atoms with Gasteiger partial charge >= 0.3 is 0 Å². The van der Waals surface area contributed by atoms with Gasteiger partial charge in [-0.2, -0.15) is 0 Å². The van der Waals surface area contributed by atoms with Crippen LogP contribution in [0.1, 0.15) is 44.4 Å². The lowest BCUT2D eigenvalue weighted by Gasteiger charge is -2.15. The molecule has 0 spiro atoms. The van der Waals surface area contributed by atoms with Gasteiger partial charge in [0.2, 0.25) is 5.91 Å². The highest BCUT2D eigenvalue weighted by atomic mass is 16.1. The number of H-pyrrole nitrogens is 1. The molecule has 2 N–H and O–H groups in total. The molecule has 1 aliphatic rings. The normalized spacial score (nSPS) is 18.5. The number of hydrogen-bond donors (Lipinski definition) is 2. The molecule has 1 atom stereocenters. The summed E-state index contributed by atoms with van der Waals surface area (Å²) in [6.45, 7) is 11.9. The number of aromatic nitrogens is 2. The second-order valence-corrected chi connectivity index (χ2v) is 6.47. The van der Waals surface area contributed by atoms with Gasteiger partial charge in [-0.25, -0.2) is 4.98 Å². The number of amides is 1. The van der Waals surface area contributed by atoms with Gasteiger partial charge in [-0.1, -0.05) is 12.5 Å². The maximum absolute atomic E-state index is 11.6. The summed E-state index contributed by atoms with van der Waals surface area (Å²) < 4.78 is 0. The molecular formula is C17H28N4O. The van der Waals surface area contributed by atoms with E-state index in [9.17, 15) is 4.79 Å². The Kier molecular flexibility index (Phi) is 5.77. The number of nitrogens with one attached hydrogen (secondary N) is 2. The smallest absolute Gasteiger partial charge is 0.243 e. The zero-order chi connectivity index (χ0) is 16.1. The molecule has 0 unspecified atom stereocenters. The van der Waals surface area contributed by atoms with Crippen molar-refractivity contribution in [1.29, 1.82) is 0 Å². The minimum Gasteiger partial charge on any atom is -0.352 e. The number of imidazole rings is 1. The van der Waals surface area contributed by atoms with Crippen molar-refractivity contribution >= 4 is 5.91 Å². The summed E-state index contributed by atoms with van der Waals surface area (Å²) in [6, 6.07) is 0. The molecule has 1 aliphatic heterocycles. The lowest BCUT2D eigenvalue weighted by Crippen LogP contribution is -2.30. The van der Waals surface area contributed by atoms with E-state index in [0.29, 0.717) is 5.92 Å². The third-order valence-corrected chi connectivity index (χ3v) is 4.10. The van der Waals surface area contributed by atoms with E-state index in [1.807, 2.05) is 13.8 Å². The van der Waals surface area contributed by atoms with E-state index in [1.165, 1.54) is 5.69 Å². The maximum Gasteiger partial charge on any atom is 0.243 e. The number of hydrogen-bond acceptors (Lipinski definition) is 3. The van der Waals surface area contributed by atoms with Crippen LogP contribution in [0.25, 0.3) is 0 Å². The molecule has 1 saturated heterocycles. The summed E-state index contributed by atoms with van der Waals surface area (Å²) in [5.41, 5.74) is 3.37. The first-order valence-electron chi connectivity index (χ1n) is 8.17. The van der Waals surface area contributed by atoms with Crippen LogP contribution in [-0.4, -0.2) is 40.4 Å². The van der Waals surface area contributed by atoms with Crippen LogP contribution in [0, 0.1) is 12.8 Å². The Labute approximate surface area is 133 Å². The Morgan fingerprint density at radius 3 is 2.91 bits per heavy atom. The van der Waals surface area contributed by atoms with E-state index >= 15 is 0 Å². The Bertz CT molecular complexity index is 543. The van der Waals surface area contributed by atoms with E-state index < -0.39 is 0 Å². The van der Waals surface area contributed by atoms with Crippen LogP contribution in [0.2, 0.25) is 0 Å². The Morgan fingerprint density at radius 2 is 2.27 bits per heavy atom. The molecule has 2 heterocycles. The van der Waals surface area contributed by atoms with E-state index in [4.69, 9.17) is 0 Å². The number of carbonyl (C=O) groups is 1. The summed E-state index contributed by atoms with van der Waals surface area (Å²) >= 11 is 0. The molecule has 122 valence electrons. The van der Waals surface area contributed by atoms with Crippen LogP contribution in [0.4, 0.5) is 0 Å². The van der Waals surface area contributed by atoms with Crippen molar-refractivity contribution in [2.24, 2.45) is 5.92 Å². The van der Waals surface area contributed by atoms with Crippen LogP contribution in [0.5, 0.6) is 0 Å². The van der Waals surface area contributed by atoms with Crippen LogP contribution in [0.3, 0.4) is 0 Å². The standard InChI is InChI=1S/C17H28N4O/c1-5-16-19-13(4)15(20-16)11-21-7-6-14(10-21)9-18-17(22)8-12(2)3/h8,14H,5-7,9-11H2,1-4H3,(H,18,22)(H,19,20)/t14-/m0/s1. The van der Waals surface area contributed by atoms with Gasteiger partial charge in [0.05, 0.1) is 5.69 Å². The second-order valence-electron chi connectivity index (χ2n) is 6.47. The molecule has 0 aromatic carbocycles. The zero-order valence-corrected chi connectivity index (χ0v) is 14.2. The Balaban J connectivity index is 1.79. The molecule has 22 heavy (non-hydrogen) atoms. The minimum absolute atomic E-state index is 0.0224. The Hall–Kier alpha value is -1.62. The monoisotopic (exact) mass is 304 g/mol. The number of aromatic amines is 1. The van der Waals surface area contributed by atoms with E-state index in [2.05, 4.69) is 34.0 Å². The topological polar surface area (TPSA) is 61.0 Å². The summed E-state index contributed by atoms with van der Waals surface area (Å²) in [7, 11) is 0. The number of aryl methyl sites for hydroxylation is 2. The summed E-state index contributed by atoms with van der Waals surface area (Å²) in [5.74, 6) is 1.63. The van der Waals surface area contributed by atoms with Crippen molar-refractivity contribution in [3.63, 3.8) is 0 Å². The van der Waals surface area contributed by atoms with Crippen molar-refractivity contribution in [1.82, 2.24) is 20.2 Å². The highest BCUT2D eigenvalue weighted by molar-refractivity contribution is 5.87. The molecule has 5 heteroatoms. The molecule has 1 aromatic heterocycles. The first-order chi connectivity index (χ1) is 10.5. The molecule has 0 radical (unpaired) electrons. The number of likely N-dealkylation sites (tertiary alicyclic amines) is 1. The third kappa shape index (κ3) is 4.70. The average Bonchev–Trinajstić information content (AvgIpc) is 3.03. The summed E-state index contributed by atoms with van der Waals surface area (Å²) in [6.07, 6.45) is 3.74. The SMILES string of the molecule is CCc1nc(CN2CC[C@@H](CNC(=O)C=C(C)C)C2)c(C)[nH]1. The van der Waals surface area contributed by atoms with Gasteiger partial charge in [0.15, 0.2) is 0 Å². The van der Waals surface area contributed by atoms with Gasteiger partial charge in [-0.05, 0) is 39.7 Å². The quantitative estimate of drug-likeness (QED) is 0.792. The van der Waals surface area contributed by atoms with Gasteiger partial charge in [-0.15, -0.1) is 0 Å². The van der Waals surface area contributed by atoms with Crippen molar-refractivity contribution in [2.75, 3.05) is 19.6 Å². The predicted octanol–water partition coefficient (Wildman–Crippen LogP) is 2.18. The van der Waals surface area contributed by atoms with Crippen molar-refractivity contribution < 1.29 is 4.79 Å². The van der Waals surface area contributed by atoms with E-state index in [1.54, 1.807) is 6.08 Å². The molecule has 0 saturated carbocycles. The van der Waals surface area contributed by atoms with Gasteiger partial charge in [0, 0.05) is 37.8 Å². The van der Waals surface area contributed by atoms with Crippen LogP contribution in [-0.2, 0) is 17.8 Å². The van der Waals surface area contributed by atoms with Gasteiger partial charge in [-0.3, -0.25) is 9.69 Å². The van der Waals surface area contributed by atoms with Crippen LogP contribution >= 0.6 is 0 Å².